The highest BCUT2D eigenvalue weighted by Gasteiger charge is 2.24. The van der Waals surface area contributed by atoms with Crippen LogP contribution in [0.25, 0.3) is 11.4 Å². The van der Waals surface area contributed by atoms with Crippen LogP contribution < -0.4 is 5.32 Å². The van der Waals surface area contributed by atoms with E-state index in [0.717, 1.165) is 37.1 Å². The zero-order valence-electron chi connectivity index (χ0n) is 15.0. The van der Waals surface area contributed by atoms with Crippen molar-refractivity contribution >= 4 is 6.03 Å². The van der Waals surface area contributed by atoms with Gasteiger partial charge in [0.2, 0.25) is 11.7 Å². The normalized spacial score (nSPS) is 16.0. The van der Waals surface area contributed by atoms with Crippen molar-refractivity contribution in [3.05, 3.63) is 35.7 Å². The summed E-state index contributed by atoms with van der Waals surface area (Å²) in [5.74, 6) is 0.953. The van der Waals surface area contributed by atoms with Gasteiger partial charge in [0.25, 0.3) is 0 Å². The summed E-state index contributed by atoms with van der Waals surface area (Å²) < 4.78 is 5.26. The molecule has 0 atom stereocenters. The second kappa shape index (κ2) is 7.65. The van der Waals surface area contributed by atoms with E-state index in [1.54, 1.807) is 4.90 Å². The second-order valence-electron chi connectivity index (χ2n) is 6.63. The molecule has 1 saturated heterocycles. The van der Waals surface area contributed by atoms with E-state index in [4.69, 9.17) is 4.52 Å². The Bertz CT molecular complexity index is 722. The number of carbonyl (C=O) groups excluding carboxylic acids is 1. The number of rotatable bonds is 4. The van der Waals surface area contributed by atoms with Crippen LogP contribution in [0.3, 0.4) is 0 Å². The van der Waals surface area contributed by atoms with Gasteiger partial charge in [-0.25, -0.2) is 4.79 Å². The molecule has 2 amide bonds. The predicted molar refractivity (Wildman–Crippen MR) is 95.0 cm³/mol. The van der Waals surface area contributed by atoms with Crippen molar-refractivity contribution in [2.45, 2.75) is 32.4 Å². The van der Waals surface area contributed by atoms with Crippen molar-refractivity contribution < 1.29 is 9.32 Å². The van der Waals surface area contributed by atoms with Gasteiger partial charge in [-0.05, 0) is 45.5 Å². The zero-order chi connectivity index (χ0) is 17.8. The van der Waals surface area contributed by atoms with Crippen molar-refractivity contribution in [1.29, 1.82) is 0 Å². The first kappa shape index (κ1) is 17.4. The number of aryl methyl sites for hydroxylation is 1. The minimum atomic E-state index is -0.106. The van der Waals surface area contributed by atoms with E-state index in [1.807, 2.05) is 38.2 Å². The number of urea groups is 1. The van der Waals surface area contributed by atoms with Crippen molar-refractivity contribution in [2.75, 3.05) is 27.2 Å². The third kappa shape index (κ3) is 4.17. The maximum Gasteiger partial charge on any atom is 0.317 e. The molecule has 0 unspecified atom stereocenters. The van der Waals surface area contributed by atoms with Gasteiger partial charge in [-0.1, -0.05) is 29.4 Å². The quantitative estimate of drug-likeness (QED) is 0.922. The second-order valence-corrected chi connectivity index (χ2v) is 6.63. The van der Waals surface area contributed by atoms with E-state index >= 15 is 0 Å². The van der Waals surface area contributed by atoms with Crippen molar-refractivity contribution in [2.24, 2.45) is 0 Å². The first-order valence-corrected chi connectivity index (χ1v) is 8.62. The summed E-state index contributed by atoms with van der Waals surface area (Å²) >= 11 is 0. The van der Waals surface area contributed by atoms with Crippen LogP contribution in [0.4, 0.5) is 4.79 Å². The molecule has 1 fully saturated rings. The molecule has 1 aliphatic rings. The molecule has 7 heteroatoms. The number of amides is 2. The molecule has 1 aromatic heterocycles. The van der Waals surface area contributed by atoms with Crippen LogP contribution in [0.2, 0.25) is 0 Å². The summed E-state index contributed by atoms with van der Waals surface area (Å²) in [6, 6.07) is 8.04. The molecular weight excluding hydrogens is 318 g/mol. The molecule has 0 spiro atoms. The lowest BCUT2D eigenvalue weighted by molar-refractivity contribution is 0.147. The maximum atomic E-state index is 12.3. The topological polar surface area (TPSA) is 74.5 Å². The summed E-state index contributed by atoms with van der Waals surface area (Å²) in [7, 11) is 3.95. The van der Waals surface area contributed by atoms with E-state index in [9.17, 15) is 4.79 Å². The lowest BCUT2D eigenvalue weighted by atomic mass is 10.0. The number of benzene rings is 1. The highest BCUT2D eigenvalue weighted by atomic mass is 16.5. The largest absolute Gasteiger partial charge is 0.337 e. The summed E-state index contributed by atoms with van der Waals surface area (Å²) in [5, 5.41) is 6.88. The Morgan fingerprint density at radius 2 is 2.08 bits per heavy atom. The fourth-order valence-corrected chi connectivity index (χ4v) is 3.08. The number of piperidine rings is 1. The van der Waals surface area contributed by atoms with Crippen molar-refractivity contribution in [3.63, 3.8) is 0 Å². The van der Waals surface area contributed by atoms with Gasteiger partial charge < -0.3 is 19.6 Å². The Hall–Kier alpha value is -2.41. The minimum absolute atomic E-state index is 0.106. The SMILES string of the molecule is Cc1ccccc1-c1noc(CNC(=O)N(C)C2CCN(C)CC2)n1. The van der Waals surface area contributed by atoms with Crippen molar-refractivity contribution in [3.8, 4) is 11.4 Å². The van der Waals surface area contributed by atoms with Crippen molar-refractivity contribution in [1.82, 2.24) is 25.3 Å². The molecular formula is C18H25N5O2. The highest BCUT2D eigenvalue weighted by Crippen LogP contribution is 2.19. The number of hydrogen-bond acceptors (Lipinski definition) is 5. The van der Waals surface area contributed by atoms with Gasteiger partial charge in [0, 0.05) is 18.7 Å². The Balaban J connectivity index is 1.55. The first-order chi connectivity index (χ1) is 12.0. The monoisotopic (exact) mass is 343 g/mol. The molecule has 7 nitrogen and oxygen atoms in total. The highest BCUT2D eigenvalue weighted by molar-refractivity contribution is 5.74. The van der Waals surface area contributed by atoms with E-state index in [2.05, 4.69) is 27.4 Å². The summed E-state index contributed by atoms with van der Waals surface area (Å²) in [6.07, 6.45) is 2.00. The Kier molecular flexibility index (Phi) is 5.33. The standard InChI is InChI=1S/C18H25N5O2/c1-13-6-4-5-7-15(13)17-20-16(25-21-17)12-19-18(24)23(3)14-8-10-22(2)11-9-14/h4-7,14H,8-12H2,1-3H3,(H,19,24). The average molecular weight is 343 g/mol. The van der Waals surface area contributed by atoms with Gasteiger partial charge in [0.1, 0.15) is 0 Å². The Labute approximate surface area is 148 Å². The molecule has 1 aliphatic heterocycles. The van der Waals surface area contributed by atoms with Crippen LogP contribution in [0.15, 0.2) is 28.8 Å². The number of likely N-dealkylation sites (tertiary alicyclic amines) is 1. The van der Waals surface area contributed by atoms with Gasteiger partial charge in [0.15, 0.2) is 0 Å². The Morgan fingerprint density at radius 3 is 2.80 bits per heavy atom. The molecule has 134 valence electrons. The third-order valence-electron chi connectivity index (χ3n) is 4.80. The molecule has 2 heterocycles. The fourth-order valence-electron chi connectivity index (χ4n) is 3.08. The number of carbonyl (C=O) groups is 1. The molecule has 3 rings (SSSR count). The van der Waals surface area contributed by atoms with E-state index in [-0.39, 0.29) is 18.6 Å². The number of nitrogens with zero attached hydrogens (tertiary/aromatic N) is 4. The van der Waals surface area contributed by atoms with E-state index in [0.29, 0.717) is 11.7 Å². The molecule has 0 saturated carbocycles. The van der Waals surface area contributed by atoms with Gasteiger partial charge >= 0.3 is 6.03 Å². The fraction of sp³-hybridized carbons (Fsp3) is 0.500. The minimum Gasteiger partial charge on any atom is -0.337 e. The molecule has 0 bridgehead atoms. The molecule has 0 radical (unpaired) electrons. The molecule has 25 heavy (non-hydrogen) atoms. The van der Waals surface area contributed by atoms with Crippen LogP contribution in [-0.2, 0) is 6.54 Å². The van der Waals surface area contributed by atoms with Crippen LogP contribution >= 0.6 is 0 Å². The number of nitrogens with one attached hydrogen (secondary N) is 1. The van der Waals surface area contributed by atoms with Gasteiger partial charge in [-0.15, -0.1) is 0 Å². The maximum absolute atomic E-state index is 12.3. The first-order valence-electron chi connectivity index (χ1n) is 8.62. The van der Waals surface area contributed by atoms with Crippen LogP contribution in [0.5, 0.6) is 0 Å². The van der Waals surface area contributed by atoms with Crippen LogP contribution in [-0.4, -0.2) is 59.2 Å². The summed E-state index contributed by atoms with van der Waals surface area (Å²) in [5.41, 5.74) is 2.02. The number of hydrogen-bond donors (Lipinski definition) is 1. The summed E-state index contributed by atoms with van der Waals surface area (Å²) in [4.78, 5) is 20.8. The smallest absolute Gasteiger partial charge is 0.317 e. The van der Waals surface area contributed by atoms with E-state index < -0.39 is 0 Å². The average Bonchev–Trinajstić information content (AvgIpc) is 3.09. The third-order valence-corrected chi connectivity index (χ3v) is 4.80. The number of aromatic nitrogens is 2. The van der Waals surface area contributed by atoms with Gasteiger partial charge in [-0.3, -0.25) is 0 Å². The van der Waals surface area contributed by atoms with Crippen LogP contribution in [0, 0.1) is 6.92 Å². The molecule has 1 N–H and O–H groups in total. The lowest BCUT2D eigenvalue weighted by Crippen LogP contribution is -2.48. The van der Waals surface area contributed by atoms with E-state index in [1.165, 1.54) is 0 Å². The predicted octanol–water partition coefficient (Wildman–Crippen LogP) is 2.28. The summed E-state index contributed by atoms with van der Waals surface area (Å²) in [6.45, 7) is 4.27. The van der Waals surface area contributed by atoms with Crippen LogP contribution in [0.1, 0.15) is 24.3 Å². The van der Waals surface area contributed by atoms with Gasteiger partial charge in [0.05, 0.1) is 6.54 Å². The molecule has 2 aromatic rings. The zero-order valence-corrected chi connectivity index (χ0v) is 15.0. The lowest BCUT2D eigenvalue weighted by Gasteiger charge is -2.34. The Morgan fingerprint density at radius 1 is 1.36 bits per heavy atom. The van der Waals surface area contributed by atoms with Gasteiger partial charge in [-0.2, -0.15) is 4.98 Å². The molecule has 0 aliphatic carbocycles. The molecule has 1 aromatic carbocycles.